The number of nitrogens with one attached hydrogen (secondary N) is 1. The van der Waals surface area contributed by atoms with Gasteiger partial charge in [-0.05, 0) is 55.3 Å². The minimum Gasteiger partial charge on any atom is -0.399 e. The molecule has 4 heteroatoms. The van der Waals surface area contributed by atoms with E-state index in [0.717, 1.165) is 49.0 Å². The second-order valence-electron chi connectivity index (χ2n) is 7.18. The molecule has 1 amide bonds. The van der Waals surface area contributed by atoms with Gasteiger partial charge in [0.2, 0.25) is 5.91 Å². The number of carbonyl (C=O) groups excluding carboxylic acids is 1. The maximum absolute atomic E-state index is 11.9. The highest BCUT2D eigenvalue weighted by Gasteiger charge is 2.20. The van der Waals surface area contributed by atoms with Crippen LogP contribution in [0.1, 0.15) is 38.7 Å². The van der Waals surface area contributed by atoms with Gasteiger partial charge in [-0.3, -0.25) is 4.79 Å². The molecule has 1 aromatic carbocycles. The van der Waals surface area contributed by atoms with Crippen LogP contribution >= 0.6 is 0 Å². The number of hydrogen-bond donors (Lipinski definition) is 2. The molecule has 3 N–H and O–H groups in total. The van der Waals surface area contributed by atoms with Crippen molar-refractivity contribution in [1.82, 2.24) is 10.2 Å². The van der Waals surface area contributed by atoms with Crippen LogP contribution in [0.4, 0.5) is 5.69 Å². The molecule has 0 aliphatic carbocycles. The number of likely N-dealkylation sites (tertiary alicyclic amines) is 1. The van der Waals surface area contributed by atoms with Crippen LogP contribution in [0.3, 0.4) is 0 Å². The standard InChI is InChI=1S/C19H31N3O/c1-15-11-16(2)14-22(13-15)10-4-3-9-21-19(23)12-17-5-7-18(20)8-6-17/h5-8,15-16H,3-4,9-14,20H2,1-2H3,(H,21,23). The lowest BCUT2D eigenvalue weighted by molar-refractivity contribution is -0.120. The van der Waals surface area contributed by atoms with Gasteiger partial charge in [0, 0.05) is 25.3 Å². The van der Waals surface area contributed by atoms with Crippen LogP contribution in [0.5, 0.6) is 0 Å². The van der Waals surface area contributed by atoms with Gasteiger partial charge >= 0.3 is 0 Å². The molecule has 1 aromatic rings. The van der Waals surface area contributed by atoms with Crippen molar-refractivity contribution in [3.63, 3.8) is 0 Å². The number of nitrogen functional groups attached to an aromatic ring is 1. The first-order chi connectivity index (χ1) is 11.0. The summed E-state index contributed by atoms with van der Waals surface area (Å²) in [5, 5.41) is 3.01. The normalized spacial score (nSPS) is 22.0. The summed E-state index contributed by atoms with van der Waals surface area (Å²) in [6, 6.07) is 7.49. The number of piperidine rings is 1. The fourth-order valence-electron chi connectivity index (χ4n) is 3.55. The molecule has 1 aliphatic heterocycles. The summed E-state index contributed by atoms with van der Waals surface area (Å²) >= 11 is 0. The summed E-state index contributed by atoms with van der Waals surface area (Å²) in [5.41, 5.74) is 7.38. The van der Waals surface area contributed by atoms with Crippen molar-refractivity contribution in [2.75, 3.05) is 31.9 Å². The van der Waals surface area contributed by atoms with E-state index in [2.05, 4.69) is 24.1 Å². The summed E-state index contributed by atoms with van der Waals surface area (Å²) in [7, 11) is 0. The number of anilines is 1. The lowest BCUT2D eigenvalue weighted by atomic mass is 9.92. The SMILES string of the molecule is CC1CC(C)CN(CCCCNC(=O)Cc2ccc(N)cc2)C1. The highest BCUT2D eigenvalue weighted by molar-refractivity contribution is 5.78. The number of benzene rings is 1. The van der Waals surface area contributed by atoms with E-state index in [1.807, 2.05) is 24.3 Å². The van der Waals surface area contributed by atoms with E-state index in [9.17, 15) is 4.79 Å². The zero-order valence-electron chi connectivity index (χ0n) is 14.6. The summed E-state index contributed by atoms with van der Waals surface area (Å²) < 4.78 is 0. The van der Waals surface area contributed by atoms with Crippen LogP contribution in [0.15, 0.2) is 24.3 Å². The summed E-state index contributed by atoms with van der Waals surface area (Å²) in [4.78, 5) is 14.5. The third-order valence-electron chi connectivity index (χ3n) is 4.51. The monoisotopic (exact) mass is 317 g/mol. The van der Waals surface area contributed by atoms with Crippen LogP contribution < -0.4 is 11.1 Å². The van der Waals surface area contributed by atoms with E-state index in [1.165, 1.54) is 19.5 Å². The van der Waals surface area contributed by atoms with Crippen molar-refractivity contribution < 1.29 is 4.79 Å². The molecule has 2 rings (SSSR count). The average molecular weight is 317 g/mol. The van der Waals surface area contributed by atoms with Crippen LogP contribution in [0, 0.1) is 11.8 Å². The molecule has 23 heavy (non-hydrogen) atoms. The minimum atomic E-state index is 0.0926. The van der Waals surface area contributed by atoms with Crippen molar-refractivity contribution in [2.45, 2.75) is 39.5 Å². The third kappa shape index (κ3) is 6.61. The molecular formula is C19H31N3O. The van der Waals surface area contributed by atoms with Crippen LogP contribution in [0.25, 0.3) is 0 Å². The summed E-state index contributed by atoms with van der Waals surface area (Å²) in [6.07, 6.45) is 3.99. The van der Waals surface area contributed by atoms with Crippen molar-refractivity contribution in [2.24, 2.45) is 11.8 Å². The molecular weight excluding hydrogens is 286 g/mol. The Kier molecular flexibility index (Phi) is 6.90. The summed E-state index contributed by atoms with van der Waals surface area (Å²) in [5.74, 6) is 1.73. The molecule has 0 aromatic heterocycles. The average Bonchev–Trinajstić information content (AvgIpc) is 2.48. The molecule has 1 saturated heterocycles. The van der Waals surface area contributed by atoms with Gasteiger partial charge < -0.3 is 16.0 Å². The van der Waals surface area contributed by atoms with E-state index >= 15 is 0 Å². The predicted molar refractivity (Wildman–Crippen MR) is 96.2 cm³/mol. The van der Waals surface area contributed by atoms with E-state index < -0.39 is 0 Å². The maximum Gasteiger partial charge on any atom is 0.224 e. The molecule has 2 unspecified atom stereocenters. The highest BCUT2D eigenvalue weighted by atomic mass is 16.1. The Hall–Kier alpha value is -1.55. The first-order valence-corrected chi connectivity index (χ1v) is 8.86. The zero-order valence-corrected chi connectivity index (χ0v) is 14.6. The Morgan fingerprint density at radius 1 is 1.17 bits per heavy atom. The van der Waals surface area contributed by atoms with E-state index in [1.54, 1.807) is 0 Å². The molecule has 128 valence electrons. The zero-order chi connectivity index (χ0) is 16.7. The minimum absolute atomic E-state index is 0.0926. The fourth-order valence-corrected chi connectivity index (χ4v) is 3.55. The van der Waals surface area contributed by atoms with Crippen LogP contribution in [-0.2, 0) is 11.2 Å². The number of hydrogen-bond acceptors (Lipinski definition) is 3. The van der Waals surface area contributed by atoms with E-state index in [4.69, 9.17) is 5.73 Å². The van der Waals surface area contributed by atoms with Gasteiger partial charge in [0.15, 0.2) is 0 Å². The van der Waals surface area contributed by atoms with Gasteiger partial charge in [-0.15, -0.1) is 0 Å². The van der Waals surface area contributed by atoms with Gasteiger partial charge in [0.05, 0.1) is 6.42 Å². The molecule has 0 saturated carbocycles. The number of nitrogens with two attached hydrogens (primary N) is 1. The third-order valence-corrected chi connectivity index (χ3v) is 4.51. The van der Waals surface area contributed by atoms with Crippen LogP contribution in [-0.4, -0.2) is 37.0 Å². The molecule has 0 bridgehead atoms. The second kappa shape index (κ2) is 8.92. The largest absolute Gasteiger partial charge is 0.399 e. The number of nitrogens with zero attached hydrogens (tertiary/aromatic N) is 1. The number of amides is 1. The molecule has 1 fully saturated rings. The van der Waals surface area contributed by atoms with Crippen molar-refractivity contribution >= 4 is 11.6 Å². The van der Waals surface area contributed by atoms with Gasteiger partial charge in [0.25, 0.3) is 0 Å². The number of carbonyl (C=O) groups is 1. The summed E-state index contributed by atoms with van der Waals surface area (Å²) in [6.45, 7) is 9.08. The van der Waals surface area contributed by atoms with Crippen molar-refractivity contribution in [1.29, 1.82) is 0 Å². The fraction of sp³-hybridized carbons (Fsp3) is 0.632. The quantitative estimate of drug-likeness (QED) is 0.600. The van der Waals surface area contributed by atoms with Crippen LogP contribution in [0.2, 0.25) is 0 Å². The molecule has 1 aliphatic rings. The first kappa shape index (κ1) is 17.8. The van der Waals surface area contributed by atoms with Gasteiger partial charge in [-0.1, -0.05) is 26.0 Å². The molecule has 4 nitrogen and oxygen atoms in total. The van der Waals surface area contributed by atoms with Gasteiger partial charge in [-0.25, -0.2) is 0 Å². The van der Waals surface area contributed by atoms with Crippen molar-refractivity contribution in [3.05, 3.63) is 29.8 Å². The topological polar surface area (TPSA) is 58.4 Å². The number of unbranched alkanes of at least 4 members (excludes halogenated alkanes) is 1. The van der Waals surface area contributed by atoms with Gasteiger partial charge in [-0.2, -0.15) is 0 Å². The Bertz CT molecular complexity index is 476. The Morgan fingerprint density at radius 3 is 2.48 bits per heavy atom. The maximum atomic E-state index is 11.9. The number of rotatable bonds is 7. The Morgan fingerprint density at radius 2 is 1.83 bits per heavy atom. The highest BCUT2D eigenvalue weighted by Crippen LogP contribution is 2.20. The Labute approximate surface area is 140 Å². The Balaban J connectivity index is 1.56. The second-order valence-corrected chi connectivity index (χ2v) is 7.18. The smallest absolute Gasteiger partial charge is 0.224 e. The lowest BCUT2D eigenvalue weighted by Crippen LogP contribution is -2.39. The molecule has 1 heterocycles. The molecule has 2 atom stereocenters. The molecule has 0 spiro atoms. The lowest BCUT2D eigenvalue weighted by Gasteiger charge is -2.34. The van der Waals surface area contributed by atoms with Crippen molar-refractivity contribution in [3.8, 4) is 0 Å². The van der Waals surface area contributed by atoms with E-state index in [-0.39, 0.29) is 5.91 Å². The van der Waals surface area contributed by atoms with E-state index in [0.29, 0.717) is 6.42 Å². The molecule has 0 radical (unpaired) electrons. The van der Waals surface area contributed by atoms with Gasteiger partial charge in [0.1, 0.15) is 0 Å². The predicted octanol–water partition coefficient (Wildman–Crippen LogP) is 2.69. The first-order valence-electron chi connectivity index (χ1n) is 8.86.